The number of rotatable bonds is 4. The van der Waals surface area contributed by atoms with Crippen LogP contribution in [0.3, 0.4) is 0 Å². The molecular formula is C31H34ClNO5. The van der Waals surface area contributed by atoms with Crippen molar-refractivity contribution in [2.45, 2.75) is 83.0 Å². The second-order valence-corrected chi connectivity index (χ2v) is 11.8. The number of ether oxygens (including phenoxy) is 1. The van der Waals surface area contributed by atoms with E-state index < -0.39 is 11.7 Å². The molecule has 0 bridgehead atoms. The van der Waals surface area contributed by atoms with Gasteiger partial charge in [0.2, 0.25) is 0 Å². The molecule has 2 fully saturated rings. The van der Waals surface area contributed by atoms with E-state index in [0.717, 1.165) is 66.2 Å². The molecular weight excluding hydrogens is 502 g/mol. The van der Waals surface area contributed by atoms with Gasteiger partial charge < -0.3 is 19.2 Å². The van der Waals surface area contributed by atoms with Crippen molar-refractivity contribution < 1.29 is 19.1 Å². The average Bonchev–Trinajstić information content (AvgIpc) is 3.38. The first-order valence-corrected chi connectivity index (χ1v) is 14.2. The molecule has 3 aliphatic rings. The first-order valence-electron chi connectivity index (χ1n) is 13.8. The second kappa shape index (κ2) is 9.73. The summed E-state index contributed by atoms with van der Waals surface area (Å²) >= 11 is 6.19. The Bertz CT molecular complexity index is 1450. The Hall–Kier alpha value is -2.83. The lowest BCUT2D eigenvalue weighted by Gasteiger charge is -2.53. The molecule has 2 heterocycles. The third-order valence-electron chi connectivity index (χ3n) is 8.89. The van der Waals surface area contributed by atoms with Crippen molar-refractivity contribution in [3.63, 3.8) is 0 Å². The molecule has 3 aromatic rings. The Kier molecular flexibility index (Phi) is 6.51. The van der Waals surface area contributed by atoms with E-state index in [4.69, 9.17) is 20.8 Å². The van der Waals surface area contributed by atoms with Gasteiger partial charge in [0.15, 0.2) is 6.10 Å². The molecule has 1 aliphatic heterocycles. The van der Waals surface area contributed by atoms with Gasteiger partial charge in [-0.1, -0.05) is 36.6 Å². The molecule has 6 nitrogen and oxygen atoms in total. The Morgan fingerprint density at radius 1 is 1.13 bits per heavy atom. The van der Waals surface area contributed by atoms with E-state index in [2.05, 4.69) is 0 Å². The molecule has 2 aromatic carbocycles. The van der Waals surface area contributed by atoms with Crippen molar-refractivity contribution in [2.24, 2.45) is 5.92 Å². The van der Waals surface area contributed by atoms with Crippen LogP contribution in [0.1, 0.15) is 73.7 Å². The molecule has 200 valence electrons. The molecule has 0 unspecified atom stereocenters. The van der Waals surface area contributed by atoms with E-state index >= 15 is 0 Å². The first kappa shape index (κ1) is 25.4. The number of piperidine rings is 1. The number of carbonyl (C=O) groups excluding carboxylic acids is 1. The second-order valence-electron chi connectivity index (χ2n) is 11.3. The van der Waals surface area contributed by atoms with Crippen molar-refractivity contribution >= 4 is 28.5 Å². The molecule has 38 heavy (non-hydrogen) atoms. The molecule has 2 aliphatic carbocycles. The van der Waals surface area contributed by atoms with Gasteiger partial charge in [-0.05, 0) is 93.3 Å². The minimum Gasteiger partial charge on any atom is -0.480 e. The normalized spacial score (nSPS) is 25.6. The molecule has 1 aromatic heterocycles. The van der Waals surface area contributed by atoms with Crippen LogP contribution in [0.15, 0.2) is 45.6 Å². The number of carbonyl (C=O) groups is 1. The standard InChI is InChI=1S/C31H34ClNO5/c1-18-16-25(27-22-6-5-7-23(22)30(35)38-26(27)17-18)37-19(2)29(34)33-15-14-31(36)13-4-3-8-24(31)28(33)20-9-11-21(32)12-10-20/h9-12,16-17,19,24,28,36H,3-8,13-15H2,1-2H3/t19-,24-,28-,31+/m0/s1. The topological polar surface area (TPSA) is 80.0 Å². The van der Waals surface area contributed by atoms with E-state index in [1.54, 1.807) is 6.92 Å². The average molecular weight is 536 g/mol. The zero-order valence-electron chi connectivity index (χ0n) is 22.0. The Labute approximate surface area is 227 Å². The number of halogens is 1. The fourth-order valence-electron chi connectivity index (χ4n) is 7.07. The van der Waals surface area contributed by atoms with Crippen LogP contribution in [0.25, 0.3) is 11.0 Å². The number of aryl methyl sites for hydroxylation is 2. The number of hydrogen-bond donors (Lipinski definition) is 1. The molecule has 1 saturated carbocycles. The molecule has 0 radical (unpaired) electrons. The Balaban J connectivity index is 1.35. The van der Waals surface area contributed by atoms with Crippen LogP contribution in [-0.2, 0) is 17.6 Å². The number of nitrogens with zero attached hydrogens (tertiary/aromatic N) is 1. The third kappa shape index (κ3) is 4.32. The fourth-order valence-corrected chi connectivity index (χ4v) is 7.20. The van der Waals surface area contributed by atoms with E-state index in [9.17, 15) is 14.7 Å². The van der Waals surface area contributed by atoms with E-state index in [-0.39, 0.29) is 23.5 Å². The van der Waals surface area contributed by atoms with Gasteiger partial charge in [0.05, 0.1) is 17.0 Å². The summed E-state index contributed by atoms with van der Waals surface area (Å²) in [6.07, 6.45) is 5.89. The highest BCUT2D eigenvalue weighted by molar-refractivity contribution is 6.30. The number of hydrogen-bond acceptors (Lipinski definition) is 5. The van der Waals surface area contributed by atoms with Crippen molar-refractivity contribution in [1.82, 2.24) is 4.90 Å². The molecule has 7 heteroatoms. The van der Waals surface area contributed by atoms with Crippen LogP contribution in [-0.4, -0.2) is 34.2 Å². The van der Waals surface area contributed by atoms with Gasteiger partial charge in [0, 0.05) is 23.0 Å². The number of aliphatic hydroxyl groups is 1. The van der Waals surface area contributed by atoms with Gasteiger partial charge in [0.1, 0.15) is 11.3 Å². The maximum atomic E-state index is 14.1. The number of fused-ring (bicyclic) bond motifs is 4. The predicted molar refractivity (Wildman–Crippen MR) is 147 cm³/mol. The van der Waals surface area contributed by atoms with Crippen LogP contribution in [0.4, 0.5) is 0 Å². The predicted octanol–water partition coefficient (Wildman–Crippen LogP) is 5.91. The smallest absolute Gasteiger partial charge is 0.339 e. The summed E-state index contributed by atoms with van der Waals surface area (Å²) in [5, 5.41) is 13.0. The molecule has 6 rings (SSSR count). The summed E-state index contributed by atoms with van der Waals surface area (Å²) in [6.45, 7) is 4.18. The van der Waals surface area contributed by atoms with Crippen LogP contribution in [0.2, 0.25) is 5.02 Å². The quantitative estimate of drug-likeness (QED) is 0.420. The highest BCUT2D eigenvalue weighted by Gasteiger charge is 2.50. The Morgan fingerprint density at radius 2 is 1.89 bits per heavy atom. The zero-order chi connectivity index (χ0) is 26.6. The molecule has 1 amide bonds. The van der Waals surface area contributed by atoms with Gasteiger partial charge in [-0.15, -0.1) is 0 Å². The minimum absolute atomic E-state index is 0.0420. The lowest BCUT2D eigenvalue weighted by Crippen LogP contribution is -2.58. The van der Waals surface area contributed by atoms with E-state index in [1.807, 2.05) is 48.2 Å². The van der Waals surface area contributed by atoms with Crippen molar-refractivity contribution in [2.75, 3.05) is 6.54 Å². The van der Waals surface area contributed by atoms with Gasteiger partial charge in [-0.2, -0.15) is 0 Å². The van der Waals surface area contributed by atoms with Crippen molar-refractivity contribution in [1.29, 1.82) is 0 Å². The van der Waals surface area contributed by atoms with Gasteiger partial charge >= 0.3 is 5.63 Å². The monoisotopic (exact) mass is 535 g/mol. The summed E-state index contributed by atoms with van der Waals surface area (Å²) in [5.74, 6) is 0.429. The van der Waals surface area contributed by atoms with Crippen molar-refractivity contribution in [3.05, 3.63) is 74.1 Å². The molecule has 4 atom stereocenters. The maximum Gasteiger partial charge on any atom is 0.339 e. The van der Waals surface area contributed by atoms with Gasteiger partial charge in [0.25, 0.3) is 5.91 Å². The van der Waals surface area contributed by atoms with Crippen molar-refractivity contribution in [3.8, 4) is 5.75 Å². The summed E-state index contributed by atoms with van der Waals surface area (Å²) in [4.78, 5) is 28.5. The maximum absolute atomic E-state index is 14.1. The van der Waals surface area contributed by atoms with Crippen LogP contribution in [0, 0.1) is 12.8 Å². The third-order valence-corrected chi connectivity index (χ3v) is 9.14. The largest absolute Gasteiger partial charge is 0.480 e. The molecule has 1 N–H and O–H groups in total. The Morgan fingerprint density at radius 3 is 2.68 bits per heavy atom. The fraction of sp³-hybridized carbons (Fsp3) is 0.484. The van der Waals surface area contributed by atoms with Crippen LogP contribution < -0.4 is 10.4 Å². The summed E-state index contributed by atoms with van der Waals surface area (Å²) < 4.78 is 12.1. The van der Waals surface area contributed by atoms with E-state index in [0.29, 0.717) is 35.7 Å². The summed E-state index contributed by atoms with van der Waals surface area (Å²) in [7, 11) is 0. The van der Waals surface area contributed by atoms with E-state index in [1.165, 1.54) is 0 Å². The lowest BCUT2D eigenvalue weighted by atomic mass is 9.66. The van der Waals surface area contributed by atoms with Crippen LogP contribution in [0.5, 0.6) is 5.75 Å². The van der Waals surface area contributed by atoms with Crippen LogP contribution >= 0.6 is 11.6 Å². The first-order chi connectivity index (χ1) is 18.2. The number of benzene rings is 2. The van der Waals surface area contributed by atoms with Gasteiger partial charge in [-0.25, -0.2) is 4.79 Å². The zero-order valence-corrected chi connectivity index (χ0v) is 22.7. The van der Waals surface area contributed by atoms with Gasteiger partial charge in [-0.3, -0.25) is 4.79 Å². The number of likely N-dealkylation sites (tertiary alicyclic amines) is 1. The minimum atomic E-state index is -0.770. The molecule has 1 saturated heterocycles. The summed E-state index contributed by atoms with van der Waals surface area (Å²) in [6, 6.07) is 11.2. The lowest BCUT2D eigenvalue weighted by molar-refractivity contribution is -0.161. The molecule has 0 spiro atoms. The highest BCUT2D eigenvalue weighted by atomic mass is 35.5. The summed E-state index contributed by atoms with van der Waals surface area (Å²) in [5.41, 5.74) is 3.06. The number of amides is 1. The SMILES string of the molecule is Cc1cc(O[C@@H](C)C(=O)N2CC[C@]3(O)CCCC[C@H]3[C@@H]2c2ccc(Cl)cc2)c2c3c(c(=O)oc2c1)CCC3. The highest BCUT2D eigenvalue weighted by Crippen LogP contribution is 2.49.